The fourth-order valence-corrected chi connectivity index (χ4v) is 1.82. The number of hydrogen-bond donors (Lipinski definition) is 1. The number of amides is 1. The van der Waals surface area contributed by atoms with E-state index >= 15 is 0 Å². The van der Waals surface area contributed by atoms with E-state index in [1.54, 1.807) is 4.90 Å². The average molecular weight is 200 g/mol. The SMILES string of the molecule is CC1(N)CN(C(=O)C2COCCO2)C1. The summed E-state index contributed by atoms with van der Waals surface area (Å²) in [6, 6.07) is 0. The molecule has 0 aromatic heterocycles. The van der Waals surface area contributed by atoms with Gasteiger partial charge in [-0.05, 0) is 6.92 Å². The van der Waals surface area contributed by atoms with Crippen molar-refractivity contribution in [1.29, 1.82) is 0 Å². The highest BCUT2D eigenvalue weighted by atomic mass is 16.6. The zero-order valence-corrected chi connectivity index (χ0v) is 8.36. The van der Waals surface area contributed by atoms with Gasteiger partial charge in [-0.15, -0.1) is 0 Å². The number of likely N-dealkylation sites (tertiary alicyclic amines) is 1. The van der Waals surface area contributed by atoms with Gasteiger partial charge in [0.25, 0.3) is 5.91 Å². The molecule has 2 rings (SSSR count). The first-order valence-corrected chi connectivity index (χ1v) is 4.85. The lowest BCUT2D eigenvalue weighted by Gasteiger charge is -2.46. The molecule has 1 atom stereocenters. The van der Waals surface area contributed by atoms with Crippen molar-refractivity contribution in [3.8, 4) is 0 Å². The Bertz CT molecular complexity index is 228. The molecule has 80 valence electrons. The molecule has 2 saturated heterocycles. The molecule has 2 heterocycles. The van der Waals surface area contributed by atoms with Crippen molar-refractivity contribution in [2.24, 2.45) is 5.73 Å². The van der Waals surface area contributed by atoms with Crippen LogP contribution in [0.3, 0.4) is 0 Å². The van der Waals surface area contributed by atoms with Gasteiger partial charge in [0.05, 0.1) is 19.8 Å². The Morgan fingerprint density at radius 3 is 2.71 bits per heavy atom. The number of rotatable bonds is 1. The molecule has 0 aliphatic carbocycles. The van der Waals surface area contributed by atoms with Gasteiger partial charge in [0, 0.05) is 18.6 Å². The van der Waals surface area contributed by atoms with Crippen molar-refractivity contribution in [2.75, 3.05) is 32.9 Å². The molecule has 2 N–H and O–H groups in total. The molecule has 0 bridgehead atoms. The van der Waals surface area contributed by atoms with Crippen molar-refractivity contribution in [1.82, 2.24) is 4.90 Å². The lowest BCUT2D eigenvalue weighted by atomic mass is 9.93. The largest absolute Gasteiger partial charge is 0.376 e. The zero-order valence-electron chi connectivity index (χ0n) is 8.36. The minimum atomic E-state index is -0.417. The first kappa shape index (κ1) is 9.89. The van der Waals surface area contributed by atoms with Gasteiger partial charge in [-0.25, -0.2) is 0 Å². The van der Waals surface area contributed by atoms with Gasteiger partial charge in [0.15, 0.2) is 6.10 Å². The quantitative estimate of drug-likeness (QED) is 0.587. The minimum absolute atomic E-state index is 0.00706. The van der Waals surface area contributed by atoms with Gasteiger partial charge in [0.2, 0.25) is 0 Å². The van der Waals surface area contributed by atoms with E-state index in [0.717, 1.165) is 0 Å². The lowest BCUT2D eigenvalue weighted by Crippen LogP contribution is -2.68. The van der Waals surface area contributed by atoms with Crippen molar-refractivity contribution in [2.45, 2.75) is 18.6 Å². The molecule has 2 aliphatic heterocycles. The second kappa shape index (κ2) is 3.49. The number of carbonyl (C=O) groups excluding carboxylic acids is 1. The van der Waals surface area contributed by atoms with E-state index in [-0.39, 0.29) is 11.4 Å². The number of ether oxygens (including phenoxy) is 2. The normalized spacial score (nSPS) is 31.0. The molecule has 0 saturated carbocycles. The standard InChI is InChI=1S/C9H16N2O3/c1-9(10)5-11(6-9)8(12)7-4-13-2-3-14-7/h7H,2-6,10H2,1H3. The van der Waals surface area contributed by atoms with Crippen LogP contribution in [-0.4, -0.2) is 55.4 Å². The number of hydrogen-bond acceptors (Lipinski definition) is 4. The predicted molar refractivity (Wildman–Crippen MR) is 49.7 cm³/mol. The van der Waals surface area contributed by atoms with Crippen LogP contribution >= 0.6 is 0 Å². The Kier molecular flexibility index (Phi) is 2.47. The number of nitrogens with two attached hydrogens (primary N) is 1. The maximum Gasteiger partial charge on any atom is 0.254 e. The fraction of sp³-hybridized carbons (Fsp3) is 0.889. The maximum absolute atomic E-state index is 11.7. The van der Waals surface area contributed by atoms with Crippen LogP contribution in [0.15, 0.2) is 0 Å². The molecule has 0 aromatic rings. The van der Waals surface area contributed by atoms with Crippen LogP contribution in [0.5, 0.6) is 0 Å². The summed E-state index contributed by atoms with van der Waals surface area (Å²) < 4.78 is 10.5. The van der Waals surface area contributed by atoms with Gasteiger partial charge >= 0.3 is 0 Å². The van der Waals surface area contributed by atoms with Crippen LogP contribution in [0, 0.1) is 0 Å². The molecule has 2 aliphatic rings. The Hall–Kier alpha value is -0.650. The summed E-state index contributed by atoms with van der Waals surface area (Å²) in [5.41, 5.74) is 5.60. The summed E-state index contributed by atoms with van der Waals surface area (Å²) in [6.45, 7) is 4.63. The van der Waals surface area contributed by atoms with E-state index in [4.69, 9.17) is 15.2 Å². The lowest BCUT2D eigenvalue weighted by molar-refractivity contribution is -0.164. The monoisotopic (exact) mass is 200 g/mol. The highest BCUT2D eigenvalue weighted by molar-refractivity contribution is 5.82. The van der Waals surface area contributed by atoms with Crippen molar-refractivity contribution < 1.29 is 14.3 Å². The van der Waals surface area contributed by atoms with E-state index in [2.05, 4.69) is 0 Å². The first-order chi connectivity index (χ1) is 6.58. The molecule has 2 fully saturated rings. The smallest absolute Gasteiger partial charge is 0.254 e. The van der Waals surface area contributed by atoms with Crippen LogP contribution in [0.2, 0.25) is 0 Å². The Morgan fingerprint density at radius 1 is 1.50 bits per heavy atom. The summed E-state index contributed by atoms with van der Waals surface area (Å²) in [4.78, 5) is 13.5. The summed E-state index contributed by atoms with van der Waals surface area (Å²) in [6.07, 6.45) is -0.417. The van der Waals surface area contributed by atoms with Crippen molar-refractivity contribution in [3.63, 3.8) is 0 Å². The highest BCUT2D eigenvalue weighted by Crippen LogP contribution is 2.19. The first-order valence-electron chi connectivity index (χ1n) is 4.85. The Labute approximate surface area is 83.1 Å². The van der Waals surface area contributed by atoms with Crippen molar-refractivity contribution in [3.05, 3.63) is 0 Å². The summed E-state index contributed by atoms with van der Waals surface area (Å²) >= 11 is 0. The minimum Gasteiger partial charge on any atom is -0.376 e. The van der Waals surface area contributed by atoms with Gasteiger partial charge in [-0.2, -0.15) is 0 Å². The van der Waals surface area contributed by atoms with E-state index in [0.29, 0.717) is 32.9 Å². The second-order valence-corrected chi connectivity index (χ2v) is 4.28. The number of nitrogens with zero attached hydrogens (tertiary/aromatic N) is 1. The topological polar surface area (TPSA) is 64.8 Å². The third-order valence-electron chi connectivity index (χ3n) is 2.51. The van der Waals surface area contributed by atoms with E-state index in [9.17, 15) is 4.79 Å². The van der Waals surface area contributed by atoms with E-state index < -0.39 is 6.10 Å². The third kappa shape index (κ3) is 1.89. The van der Waals surface area contributed by atoms with E-state index in [1.165, 1.54) is 0 Å². The average Bonchev–Trinajstić information content (AvgIpc) is 2.14. The molecule has 1 amide bonds. The van der Waals surface area contributed by atoms with Crippen LogP contribution < -0.4 is 5.73 Å². The molecule has 1 unspecified atom stereocenters. The zero-order chi connectivity index (χ0) is 10.2. The molecule has 0 aromatic carbocycles. The molecular weight excluding hydrogens is 184 g/mol. The van der Waals surface area contributed by atoms with Crippen LogP contribution in [0.1, 0.15) is 6.92 Å². The van der Waals surface area contributed by atoms with Crippen LogP contribution in [0.4, 0.5) is 0 Å². The van der Waals surface area contributed by atoms with Gasteiger partial charge in [-0.1, -0.05) is 0 Å². The predicted octanol–water partition coefficient (Wildman–Crippen LogP) is -1.04. The molecule has 5 nitrogen and oxygen atoms in total. The Morgan fingerprint density at radius 2 is 2.21 bits per heavy atom. The fourth-order valence-electron chi connectivity index (χ4n) is 1.82. The second-order valence-electron chi connectivity index (χ2n) is 4.28. The molecule has 0 spiro atoms. The number of carbonyl (C=O) groups is 1. The van der Waals surface area contributed by atoms with Gasteiger partial charge in [0.1, 0.15) is 0 Å². The summed E-state index contributed by atoms with van der Waals surface area (Å²) in [7, 11) is 0. The molecule has 0 radical (unpaired) electrons. The summed E-state index contributed by atoms with van der Waals surface area (Å²) in [5.74, 6) is 0.00706. The molecule has 5 heteroatoms. The maximum atomic E-state index is 11.7. The van der Waals surface area contributed by atoms with Gasteiger partial charge < -0.3 is 20.1 Å². The Balaban J connectivity index is 1.84. The van der Waals surface area contributed by atoms with Crippen LogP contribution in [0.25, 0.3) is 0 Å². The molecule has 14 heavy (non-hydrogen) atoms. The van der Waals surface area contributed by atoms with E-state index in [1.807, 2.05) is 6.92 Å². The summed E-state index contributed by atoms with van der Waals surface area (Å²) in [5, 5.41) is 0. The van der Waals surface area contributed by atoms with Crippen LogP contribution in [-0.2, 0) is 14.3 Å². The van der Waals surface area contributed by atoms with Crippen molar-refractivity contribution >= 4 is 5.91 Å². The third-order valence-corrected chi connectivity index (χ3v) is 2.51. The highest BCUT2D eigenvalue weighted by Gasteiger charge is 2.40. The van der Waals surface area contributed by atoms with Gasteiger partial charge in [-0.3, -0.25) is 4.79 Å². The molecular formula is C9H16N2O3.